The molecule has 1 nitrogen and oxygen atoms in total. The second-order valence-corrected chi connectivity index (χ2v) is 1.15. The van der Waals surface area contributed by atoms with Gasteiger partial charge in [0.05, 0.1) is 0 Å². The lowest BCUT2D eigenvalue weighted by molar-refractivity contribution is 0.664. The smallest absolute Gasteiger partial charge is 0.00391 e. The molecule has 1 aromatic rings. The van der Waals surface area contributed by atoms with Gasteiger partial charge >= 0.3 is 0 Å². The van der Waals surface area contributed by atoms with Gasteiger partial charge in [-0.05, 0) is 9.47 Å². The van der Waals surface area contributed by atoms with E-state index in [0.29, 0.717) is 0 Å². The van der Waals surface area contributed by atoms with Crippen LogP contribution in [0.25, 0.3) is 0 Å². The van der Waals surface area contributed by atoms with Crippen molar-refractivity contribution in [1.82, 2.24) is 0 Å². The van der Waals surface area contributed by atoms with Crippen molar-refractivity contribution in [1.29, 1.82) is 0 Å². The van der Waals surface area contributed by atoms with Crippen LogP contribution in [0.3, 0.4) is 0 Å². The van der Waals surface area contributed by atoms with E-state index in [1.54, 1.807) is 0 Å². The molecule has 0 spiro atoms. The molecular weight excluding hydrogens is 119 g/mol. The van der Waals surface area contributed by atoms with Gasteiger partial charge in [0.25, 0.3) is 0 Å². The third-order valence-corrected chi connectivity index (χ3v) is 0.667. The summed E-state index contributed by atoms with van der Waals surface area (Å²) < 4.78 is 0. The van der Waals surface area contributed by atoms with E-state index in [9.17, 15) is 0 Å². The van der Waals surface area contributed by atoms with Gasteiger partial charge in [0.1, 0.15) is 0 Å². The van der Waals surface area contributed by atoms with Gasteiger partial charge in [0.15, 0.2) is 0 Å². The first-order valence-electron chi connectivity index (χ1n) is 2.26. The molecule has 0 saturated heterocycles. The monoisotopic (exact) mass is 128 g/mol. The van der Waals surface area contributed by atoms with Gasteiger partial charge in [-0.15, -0.1) is 0 Å². The highest BCUT2D eigenvalue weighted by molar-refractivity contribution is 7.08. The first-order chi connectivity index (χ1) is 4.00. The normalized spacial score (nSPS) is 6.75. The Balaban J connectivity index is 0.000000222. The molecule has 0 aromatic heterocycles. The van der Waals surface area contributed by atoms with Crippen LogP contribution in [-0.4, -0.2) is 4.89 Å². The fraction of sp³-hybridized carbons (Fsp3) is 0. The highest BCUT2D eigenvalue weighted by atomic mass is 31.0. The summed E-state index contributed by atoms with van der Waals surface area (Å²) in [6.45, 7) is 0. The van der Waals surface area contributed by atoms with Crippen LogP contribution in [0.15, 0.2) is 36.4 Å². The van der Waals surface area contributed by atoms with Crippen LogP contribution in [0.1, 0.15) is 0 Å². The standard InChI is InChI=1S/C6H6.H3OP/c1-2-4-6-5-3-1;1-2/h1-6H;1H,2H2. The molecule has 0 amide bonds. The Morgan fingerprint density at radius 2 is 0.750 bits per heavy atom. The Hall–Kier alpha value is -0.390. The highest BCUT2D eigenvalue weighted by Gasteiger charge is 1.57. The van der Waals surface area contributed by atoms with Crippen molar-refractivity contribution >= 4 is 9.47 Å². The Kier molecular flexibility index (Phi) is 6.29. The van der Waals surface area contributed by atoms with Crippen LogP contribution >= 0.6 is 9.47 Å². The molecule has 0 fully saturated rings. The zero-order valence-electron chi connectivity index (χ0n) is 4.49. The minimum absolute atomic E-state index is 1.42. The van der Waals surface area contributed by atoms with E-state index in [2.05, 4.69) is 0 Å². The van der Waals surface area contributed by atoms with Crippen molar-refractivity contribution < 1.29 is 4.89 Å². The second-order valence-electron chi connectivity index (χ2n) is 1.15. The van der Waals surface area contributed by atoms with Crippen LogP contribution in [0.5, 0.6) is 0 Å². The number of hydrogen-bond donors (Lipinski definition) is 1. The van der Waals surface area contributed by atoms with Crippen LogP contribution in [0.4, 0.5) is 0 Å². The van der Waals surface area contributed by atoms with E-state index in [0.717, 1.165) is 0 Å². The zero-order valence-corrected chi connectivity index (χ0v) is 5.64. The molecule has 44 valence electrons. The van der Waals surface area contributed by atoms with E-state index in [1.807, 2.05) is 36.4 Å². The van der Waals surface area contributed by atoms with Crippen molar-refractivity contribution in [2.75, 3.05) is 0 Å². The summed E-state index contributed by atoms with van der Waals surface area (Å²) in [6.07, 6.45) is 0. The molecule has 1 atom stereocenters. The molecular formula is C6H9OP. The molecule has 1 rings (SSSR count). The maximum Gasteiger partial charge on any atom is -0.00391 e. The van der Waals surface area contributed by atoms with Crippen LogP contribution in [0, 0.1) is 0 Å². The predicted molar refractivity (Wildman–Crippen MR) is 38.4 cm³/mol. The van der Waals surface area contributed by atoms with Gasteiger partial charge in [-0.25, -0.2) is 0 Å². The minimum atomic E-state index is 1.42. The molecule has 0 aliphatic rings. The van der Waals surface area contributed by atoms with E-state index in [-0.39, 0.29) is 0 Å². The average molecular weight is 128 g/mol. The van der Waals surface area contributed by atoms with Crippen molar-refractivity contribution in [3.63, 3.8) is 0 Å². The zero-order chi connectivity index (χ0) is 6.24. The van der Waals surface area contributed by atoms with Gasteiger partial charge < -0.3 is 4.89 Å². The Morgan fingerprint density at radius 3 is 0.875 bits per heavy atom. The summed E-state index contributed by atoms with van der Waals surface area (Å²) >= 11 is 0. The molecule has 8 heavy (non-hydrogen) atoms. The van der Waals surface area contributed by atoms with Crippen molar-refractivity contribution in [3.8, 4) is 0 Å². The predicted octanol–water partition coefficient (Wildman–Crippen LogP) is 1.46. The summed E-state index contributed by atoms with van der Waals surface area (Å²) in [6, 6.07) is 12.0. The molecule has 0 heterocycles. The summed E-state index contributed by atoms with van der Waals surface area (Å²) in [7, 11) is 1.42. The highest BCUT2D eigenvalue weighted by Crippen LogP contribution is 1.79. The first kappa shape index (κ1) is 7.61. The van der Waals surface area contributed by atoms with Crippen LogP contribution < -0.4 is 0 Å². The van der Waals surface area contributed by atoms with E-state index in [4.69, 9.17) is 4.89 Å². The third kappa shape index (κ3) is 3.79. The molecule has 2 heteroatoms. The van der Waals surface area contributed by atoms with Crippen molar-refractivity contribution in [2.45, 2.75) is 0 Å². The van der Waals surface area contributed by atoms with Crippen molar-refractivity contribution in [3.05, 3.63) is 36.4 Å². The molecule has 0 radical (unpaired) electrons. The Labute approximate surface area is 51.6 Å². The van der Waals surface area contributed by atoms with Gasteiger partial charge in [0, 0.05) is 0 Å². The van der Waals surface area contributed by atoms with Gasteiger partial charge in [-0.1, -0.05) is 36.4 Å². The lowest BCUT2D eigenvalue weighted by Crippen LogP contribution is -1.47. The maximum atomic E-state index is 6.92. The molecule has 0 bridgehead atoms. The van der Waals surface area contributed by atoms with Gasteiger partial charge in [-0.3, -0.25) is 0 Å². The second kappa shape index (κ2) is 6.61. The topological polar surface area (TPSA) is 20.2 Å². The number of hydrogen-bond acceptors (Lipinski definition) is 1. The fourth-order valence-corrected chi connectivity index (χ4v) is 0.385. The van der Waals surface area contributed by atoms with E-state index >= 15 is 0 Å². The average Bonchev–Trinajstić information content (AvgIpc) is 1.96. The van der Waals surface area contributed by atoms with Gasteiger partial charge in [-0.2, -0.15) is 0 Å². The van der Waals surface area contributed by atoms with Crippen LogP contribution in [-0.2, 0) is 0 Å². The number of benzene rings is 1. The summed E-state index contributed by atoms with van der Waals surface area (Å²) in [5, 5.41) is 0. The van der Waals surface area contributed by atoms with Crippen LogP contribution in [0.2, 0.25) is 0 Å². The molecule has 1 aromatic carbocycles. The summed E-state index contributed by atoms with van der Waals surface area (Å²) in [5.74, 6) is 0. The summed E-state index contributed by atoms with van der Waals surface area (Å²) in [5.41, 5.74) is 0. The molecule has 1 N–H and O–H groups in total. The maximum absolute atomic E-state index is 6.92. The van der Waals surface area contributed by atoms with Gasteiger partial charge in [0.2, 0.25) is 0 Å². The Bertz CT molecular complexity index is 80.5. The van der Waals surface area contributed by atoms with E-state index < -0.39 is 0 Å². The Morgan fingerprint density at radius 1 is 0.625 bits per heavy atom. The first-order valence-corrected chi connectivity index (χ1v) is 2.77. The lowest BCUT2D eigenvalue weighted by atomic mass is 10.4. The lowest BCUT2D eigenvalue weighted by Gasteiger charge is -1.69. The quantitative estimate of drug-likeness (QED) is 0.524. The number of rotatable bonds is 0. The minimum Gasteiger partial charge on any atom is -0.380 e. The SMILES string of the molecule is OP.c1ccccc1. The molecule has 0 aliphatic heterocycles. The fourth-order valence-electron chi connectivity index (χ4n) is 0.385. The molecule has 1 unspecified atom stereocenters. The third-order valence-electron chi connectivity index (χ3n) is 0.667. The largest absolute Gasteiger partial charge is 0.380 e. The van der Waals surface area contributed by atoms with Crippen molar-refractivity contribution in [2.24, 2.45) is 0 Å². The summed E-state index contributed by atoms with van der Waals surface area (Å²) in [4.78, 5) is 6.92. The molecule has 0 saturated carbocycles. The molecule has 0 aliphatic carbocycles. The van der Waals surface area contributed by atoms with E-state index in [1.165, 1.54) is 9.47 Å².